The van der Waals surface area contributed by atoms with Crippen LogP contribution in [0.3, 0.4) is 0 Å². The number of esters is 1. The standard InChI is InChI=1S/C19H18Cl2N2O3S/c20-15-7-6-14(12-16(15)21)22-19(27)23-17(24)8-9-18(25)26-11-10-13-4-2-1-3-5-13/h1-7,12H,8-11H2,(H2,22,23,24,27). The molecule has 27 heavy (non-hydrogen) atoms. The molecule has 0 aliphatic carbocycles. The molecule has 0 aliphatic rings. The first kappa shape index (κ1) is 21.2. The summed E-state index contributed by atoms with van der Waals surface area (Å²) in [6.07, 6.45) is 0.597. The Morgan fingerprint density at radius 1 is 1.00 bits per heavy atom. The van der Waals surface area contributed by atoms with E-state index in [0.29, 0.717) is 22.2 Å². The van der Waals surface area contributed by atoms with E-state index in [0.717, 1.165) is 5.56 Å². The Hall–Kier alpha value is -2.15. The van der Waals surface area contributed by atoms with Crippen molar-refractivity contribution in [1.29, 1.82) is 0 Å². The van der Waals surface area contributed by atoms with E-state index in [1.165, 1.54) is 0 Å². The van der Waals surface area contributed by atoms with Gasteiger partial charge in [0, 0.05) is 18.5 Å². The minimum Gasteiger partial charge on any atom is -0.465 e. The predicted octanol–water partition coefficient (Wildman–Crippen LogP) is 4.37. The second kappa shape index (κ2) is 10.9. The van der Waals surface area contributed by atoms with Crippen LogP contribution in [0.15, 0.2) is 48.5 Å². The molecule has 142 valence electrons. The van der Waals surface area contributed by atoms with E-state index in [2.05, 4.69) is 10.6 Å². The van der Waals surface area contributed by atoms with Crippen molar-refractivity contribution in [3.8, 4) is 0 Å². The number of benzene rings is 2. The van der Waals surface area contributed by atoms with Crippen molar-refractivity contribution in [2.24, 2.45) is 0 Å². The molecule has 0 aliphatic heterocycles. The summed E-state index contributed by atoms with van der Waals surface area (Å²) in [6.45, 7) is 0.280. The normalized spacial score (nSPS) is 10.1. The lowest BCUT2D eigenvalue weighted by atomic mass is 10.2. The second-order valence-corrected chi connectivity index (χ2v) is 6.81. The molecule has 2 aromatic rings. The minimum atomic E-state index is -0.426. The summed E-state index contributed by atoms with van der Waals surface area (Å²) in [5.74, 6) is -0.808. The van der Waals surface area contributed by atoms with Crippen LogP contribution in [-0.4, -0.2) is 23.6 Å². The molecule has 0 spiro atoms. The van der Waals surface area contributed by atoms with E-state index in [1.807, 2.05) is 30.3 Å². The molecule has 0 unspecified atom stereocenters. The quantitative estimate of drug-likeness (QED) is 0.509. The Bertz CT molecular complexity index is 816. The Labute approximate surface area is 173 Å². The lowest BCUT2D eigenvalue weighted by molar-refractivity contribution is -0.144. The summed E-state index contributed by atoms with van der Waals surface area (Å²) in [5, 5.41) is 6.21. The second-order valence-electron chi connectivity index (χ2n) is 5.59. The predicted molar refractivity (Wildman–Crippen MR) is 111 cm³/mol. The van der Waals surface area contributed by atoms with Crippen molar-refractivity contribution in [3.05, 3.63) is 64.1 Å². The Morgan fingerprint density at radius 3 is 2.44 bits per heavy atom. The van der Waals surface area contributed by atoms with Gasteiger partial charge in [-0.05, 0) is 36.0 Å². The monoisotopic (exact) mass is 424 g/mol. The number of hydrogen-bond acceptors (Lipinski definition) is 4. The van der Waals surface area contributed by atoms with Crippen LogP contribution in [0.4, 0.5) is 5.69 Å². The molecule has 5 nitrogen and oxygen atoms in total. The fourth-order valence-corrected chi connectivity index (χ4v) is 2.67. The highest BCUT2D eigenvalue weighted by molar-refractivity contribution is 7.80. The first-order valence-corrected chi connectivity index (χ1v) is 9.36. The molecule has 2 N–H and O–H groups in total. The number of carbonyl (C=O) groups excluding carboxylic acids is 2. The van der Waals surface area contributed by atoms with Crippen LogP contribution in [0, 0.1) is 0 Å². The highest BCUT2D eigenvalue weighted by atomic mass is 35.5. The molecule has 0 heterocycles. The lowest BCUT2D eigenvalue weighted by Crippen LogP contribution is -2.34. The molecule has 0 saturated heterocycles. The maximum Gasteiger partial charge on any atom is 0.306 e. The average Bonchev–Trinajstić information content (AvgIpc) is 2.64. The summed E-state index contributed by atoms with van der Waals surface area (Å²) in [5.41, 5.74) is 1.68. The fraction of sp³-hybridized carbons (Fsp3) is 0.211. The first-order chi connectivity index (χ1) is 12.9. The van der Waals surface area contributed by atoms with E-state index in [9.17, 15) is 9.59 Å². The molecule has 0 saturated carbocycles. The van der Waals surface area contributed by atoms with Gasteiger partial charge in [0.05, 0.1) is 23.1 Å². The van der Waals surface area contributed by atoms with E-state index in [1.54, 1.807) is 18.2 Å². The van der Waals surface area contributed by atoms with Crippen molar-refractivity contribution >= 4 is 58.1 Å². The van der Waals surface area contributed by atoms with Crippen LogP contribution in [0.25, 0.3) is 0 Å². The van der Waals surface area contributed by atoms with Gasteiger partial charge >= 0.3 is 5.97 Å². The van der Waals surface area contributed by atoms with Gasteiger partial charge in [0.1, 0.15) is 0 Å². The zero-order valence-corrected chi connectivity index (χ0v) is 16.7. The van der Waals surface area contributed by atoms with Crippen molar-refractivity contribution in [2.75, 3.05) is 11.9 Å². The van der Waals surface area contributed by atoms with Crippen molar-refractivity contribution < 1.29 is 14.3 Å². The highest BCUT2D eigenvalue weighted by Gasteiger charge is 2.10. The molecule has 2 aromatic carbocycles. The summed E-state index contributed by atoms with van der Waals surface area (Å²) in [6, 6.07) is 14.6. The number of thiocarbonyl (C=S) groups is 1. The summed E-state index contributed by atoms with van der Waals surface area (Å²) < 4.78 is 5.13. The van der Waals surface area contributed by atoms with Crippen LogP contribution in [0.1, 0.15) is 18.4 Å². The molecular weight excluding hydrogens is 407 g/mol. The number of anilines is 1. The molecule has 0 bridgehead atoms. The molecule has 8 heteroatoms. The topological polar surface area (TPSA) is 67.4 Å². The molecule has 1 amide bonds. The zero-order valence-electron chi connectivity index (χ0n) is 14.3. The maximum atomic E-state index is 11.9. The van der Waals surface area contributed by atoms with Gasteiger partial charge in [0.2, 0.25) is 5.91 Å². The summed E-state index contributed by atoms with van der Waals surface area (Å²) in [4.78, 5) is 23.6. The lowest BCUT2D eigenvalue weighted by Gasteiger charge is -2.10. The van der Waals surface area contributed by atoms with Gasteiger partial charge in [-0.2, -0.15) is 0 Å². The van der Waals surface area contributed by atoms with E-state index >= 15 is 0 Å². The van der Waals surface area contributed by atoms with Crippen LogP contribution in [0.5, 0.6) is 0 Å². The smallest absolute Gasteiger partial charge is 0.306 e. The van der Waals surface area contributed by atoms with Gasteiger partial charge < -0.3 is 15.4 Å². The molecule has 0 aromatic heterocycles. The Kier molecular flexibility index (Phi) is 8.51. The van der Waals surface area contributed by atoms with Gasteiger partial charge in [-0.3, -0.25) is 9.59 Å². The molecule has 0 atom stereocenters. The van der Waals surface area contributed by atoms with Gasteiger partial charge in [-0.1, -0.05) is 53.5 Å². The van der Waals surface area contributed by atoms with E-state index in [-0.39, 0.29) is 30.5 Å². The van der Waals surface area contributed by atoms with Crippen LogP contribution in [0.2, 0.25) is 10.0 Å². The van der Waals surface area contributed by atoms with E-state index in [4.69, 9.17) is 40.2 Å². The zero-order chi connectivity index (χ0) is 19.6. The third-order valence-electron chi connectivity index (χ3n) is 3.48. The molecular formula is C19H18Cl2N2O3S. The third kappa shape index (κ3) is 7.95. The molecule has 0 fully saturated rings. The fourth-order valence-electron chi connectivity index (χ4n) is 2.14. The molecule has 2 rings (SSSR count). The Morgan fingerprint density at radius 2 is 1.74 bits per heavy atom. The number of halogens is 2. The number of rotatable bonds is 7. The van der Waals surface area contributed by atoms with Crippen molar-refractivity contribution in [2.45, 2.75) is 19.3 Å². The number of ether oxygens (including phenoxy) is 1. The maximum absolute atomic E-state index is 11.9. The van der Waals surface area contributed by atoms with Crippen molar-refractivity contribution in [3.63, 3.8) is 0 Å². The largest absolute Gasteiger partial charge is 0.465 e. The van der Waals surface area contributed by atoms with Crippen LogP contribution >= 0.6 is 35.4 Å². The van der Waals surface area contributed by atoms with Gasteiger partial charge in [-0.15, -0.1) is 0 Å². The van der Waals surface area contributed by atoms with E-state index < -0.39 is 5.97 Å². The number of hydrogen-bond donors (Lipinski definition) is 2. The number of carbonyl (C=O) groups is 2. The minimum absolute atomic E-state index is 0.0178. The summed E-state index contributed by atoms with van der Waals surface area (Å²) >= 11 is 16.8. The van der Waals surface area contributed by atoms with Gasteiger partial charge in [0.15, 0.2) is 5.11 Å². The van der Waals surface area contributed by atoms with Gasteiger partial charge in [0.25, 0.3) is 0 Å². The Balaban J connectivity index is 1.65. The van der Waals surface area contributed by atoms with Crippen molar-refractivity contribution in [1.82, 2.24) is 5.32 Å². The number of amides is 1. The van der Waals surface area contributed by atoms with Gasteiger partial charge in [-0.25, -0.2) is 0 Å². The average molecular weight is 425 g/mol. The van der Waals surface area contributed by atoms with Crippen LogP contribution in [-0.2, 0) is 20.7 Å². The summed E-state index contributed by atoms with van der Waals surface area (Å²) in [7, 11) is 0. The van der Waals surface area contributed by atoms with Crippen LogP contribution < -0.4 is 10.6 Å². The first-order valence-electron chi connectivity index (χ1n) is 8.19. The SMILES string of the molecule is O=C(CCC(=O)OCCc1ccccc1)NC(=S)Nc1ccc(Cl)c(Cl)c1. The highest BCUT2D eigenvalue weighted by Crippen LogP contribution is 2.24. The third-order valence-corrected chi connectivity index (χ3v) is 4.43. The molecule has 0 radical (unpaired) electrons. The number of nitrogens with one attached hydrogen (secondary N) is 2.